The molecular formula is C20H18N2O7. The normalized spacial score (nSPS) is 10.6. The lowest BCUT2D eigenvalue weighted by Crippen LogP contribution is -2.22. The van der Waals surface area contributed by atoms with Gasteiger partial charge in [0, 0.05) is 23.1 Å². The molecule has 0 saturated heterocycles. The summed E-state index contributed by atoms with van der Waals surface area (Å²) in [6.45, 7) is 1.39. The molecule has 0 aliphatic rings. The van der Waals surface area contributed by atoms with E-state index in [4.69, 9.17) is 13.9 Å². The molecule has 1 N–H and O–H groups in total. The number of benzene rings is 2. The summed E-state index contributed by atoms with van der Waals surface area (Å²) in [6.07, 6.45) is 1.43. The molecule has 29 heavy (non-hydrogen) atoms. The number of nitrogens with one attached hydrogen (secondary N) is 1. The van der Waals surface area contributed by atoms with Crippen molar-refractivity contribution in [1.29, 1.82) is 0 Å². The van der Waals surface area contributed by atoms with Gasteiger partial charge in [0.2, 0.25) is 0 Å². The molecule has 9 nitrogen and oxygen atoms in total. The summed E-state index contributed by atoms with van der Waals surface area (Å²) in [4.78, 5) is 34.5. The number of nitro groups is 1. The van der Waals surface area contributed by atoms with Crippen molar-refractivity contribution >= 4 is 34.2 Å². The van der Waals surface area contributed by atoms with Crippen LogP contribution in [0.15, 0.2) is 47.1 Å². The van der Waals surface area contributed by atoms with Crippen molar-refractivity contribution in [2.24, 2.45) is 0 Å². The van der Waals surface area contributed by atoms with Crippen LogP contribution in [0.5, 0.6) is 5.75 Å². The van der Waals surface area contributed by atoms with Crippen LogP contribution in [-0.2, 0) is 20.7 Å². The fourth-order valence-corrected chi connectivity index (χ4v) is 2.77. The fraction of sp³-hybridized carbons (Fsp3) is 0.200. The van der Waals surface area contributed by atoms with Crippen LogP contribution in [0.25, 0.3) is 11.0 Å². The van der Waals surface area contributed by atoms with Crippen LogP contribution < -0.4 is 10.1 Å². The van der Waals surface area contributed by atoms with E-state index in [-0.39, 0.29) is 23.5 Å². The first-order valence-corrected chi connectivity index (χ1v) is 8.62. The number of amides is 1. The zero-order chi connectivity index (χ0) is 21.0. The predicted molar refractivity (Wildman–Crippen MR) is 104 cm³/mol. The molecular weight excluding hydrogens is 380 g/mol. The number of methoxy groups -OCH3 is 1. The summed E-state index contributed by atoms with van der Waals surface area (Å²) in [5, 5.41) is 14.1. The number of ether oxygens (including phenoxy) is 2. The van der Waals surface area contributed by atoms with E-state index in [1.54, 1.807) is 0 Å². The van der Waals surface area contributed by atoms with Gasteiger partial charge in [-0.05, 0) is 24.6 Å². The lowest BCUT2D eigenvalue weighted by atomic mass is 10.1. The minimum atomic E-state index is -0.648. The summed E-state index contributed by atoms with van der Waals surface area (Å²) in [5.74, 6) is -1.00. The third-order valence-corrected chi connectivity index (χ3v) is 4.18. The van der Waals surface area contributed by atoms with E-state index in [9.17, 15) is 19.7 Å². The second kappa shape index (κ2) is 8.42. The Bertz CT molecular complexity index is 1090. The van der Waals surface area contributed by atoms with Crippen LogP contribution in [0.3, 0.4) is 0 Å². The number of aryl methyl sites for hydroxylation is 1. The molecule has 0 atom stereocenters. The summed E-state index contributed by atoms with van der Waals surface area (Å²) in [7, 11) is 1.37. The number of anilines is 1. The molecule has 1 aromatic heterocycles. The smallest absolute Gasteiger partial charge is 0.310 e. The van der Waals surface area contributed by atoms with Gasteiger partial charge in [-0.15, -0.1) is 0 Å². The van der Waals surface area contributed by atoms with E-state index in [0.29, 0.717) is 11.1 Å². The minimum Gasteiger partial charge on any atom is -0.495 e. The largest absolute Gasteiger partial charge is 0.495 e. The summed E-state index contributed by atoms with van der Waals surface area (Å²) in [5.41, 5.74) is 2.27. The van der Waals surface area contributed by atoms with E-state index in [0.717, 1.165) is 17.0 Å². The summed E-state index contributed by atoms with van der Waals surface area (Å²) in [6, 6.07) is 9.42. The lowest BCUT2D eigenvalue weighted by molar-refractivity contribution is -0.384. The molecule has 0 radical (unpaired) electrons. The number of fused-ring (bicyclic) bond motifs is 1. The number of nitrogens with zero attached hydrogens (tertiary/aromatic N) is 1. The zero-order valence-electron chi connectivity index (χ0n) is 15.8. The maximum Gasteiger partial charge on any atom is 0.310 e. The van der Waals surface area contributed by atoms with Crippen LogP contribution in [0.1, 0.15) is 11.1 Å². The highest BCUT2D eigenvalue weighted by molar-refractivity contribution is 5.95. The Morgan fingerprint density at radius 3 is 2.72 bits per heavy atom. The van der Waals surface area contributed by atoms with Gasteiger partial charge in [0.1, 0.15) is 11.3 Å². The Morgan fingerprint density at radius 2 is 2.00 bits per heavy atom. The predicted octanol–water partition coefficient (Wildman–Crippen LogP) is 3.38. The number of furan rings is 1. The Kier molecular flexibility index (Phi) is 5.77. The maximum absolute atomic E-state index is 12.1. The Morgan fingerprint density at radius 1 is 1.21 bits per heavy atom. The van der Waals surface area contributed by atoms with Crippen molar-refractivity contribution in [3.8, 4) is 5.75 Å². The molecule has 9 heteroatoms. The number of carbonyl (C=O) groups excluding carboxylic acids is 2. The molecule has 0 spiro atoms. The van der Waals surface area contributed by atoms with Crippen LogP contribution in [0.4, 0.5) is 11.4 Å². The molecule has 0 unspecified atom stereocenters. The quantitative estimate of drug-likeness (QED) is 0.368. The number of esters is 1. The highest BCUT2D eigenvalue weighted by atomic mass is 16.6. The highest BCUT2D eigenvalue weighted by Gasteiger charge is 2.16. The fourth-order valence-electron chi connectivity index (χ4n) is 2.77. The van der Waals surface area contributed by atoms with Gasteiger partial charge in [-0.3, -0.25) is 19.7 Å². The Hall–Kier alpha value is -3.88. The molecule has 1 amide bonds. The number of hydrogen-bond acceptors (Lipinski definition) is 7. The van der Waals surface area contributed by atoms with E-state index >= 15 is 0 Å². The van der Waals surface area contributed by atoms with Gasteiger partial charge in [-0.1, -0.05) is 12.1 Å². The number of hydrogen-bond donors (Lipinski definition) is 1. The van der Waals surface area contributed by atoms with Gasteiger partial charge in [0.15, 0.2) is 6.61 Å². The third kappa shape index (κ3) is 4.70. The first-order chi connectivity index (χ1) is 13.9. The van der Waals surface area contributed by atoms with Gasteiger partial charge >= 0.3 is 5.97 Å². The number of rotatable bonds is 7. The number of non-ortho nitro benzene ring substituents is 1. The van der Waals surface area contributed by atoms with E-state index in [1.165, 1.54) is 25.5 Å². The third-order valence-electron chi connectivity index (χ3n) is 4.18. The van der Waals surface area contributed by atoms with Gasteiger partial charge in [-0.25, -0.2) is 0 Å². The van der Waals surface area contributed by atoms with Crippen LogP contribution in [0.2, 0.25) is 0 Å². The van der Waals surface area contributed by atoms with E-state index in [1.807, 2.05) is 25.1 Å². The average Bonchev–Trinajstić information content (AvgIpc) is 3.08. The average molecular weight is 398 g/mol. The molecule has 0 bridgehead atoms. The van der Waals surface area contributed by atoms with Crippen LogP contribution >= 0.6 is 0 Å². The van der Waals surface area contributed by atoms with Gasteiger partial charge in [0.05, 0.1) is 30.4 Å². The molecule has 1 heterocycles. The van der Waals surface area contributed by atoms with Gasteiger partial charge < -0.3 is 19.2 Å². The topological polar surface area (TPSA) is 121 Å². The standard InChI is InChI=1S/C20H18N2O7/c1-12-3-5-15-13(10-28-18(15)7-12)8-20(24)29-11-19(23)21-16-9-14(22(25)26)4-6-17(16)27-2/h3-7,9-10H,8,11H2,1-2H3,(H,21,23). The monoisotopic (exact) mass is 398 g/mol. The van der Waals surface area contributed by atoms with Crippen molar-refractivity contribution in [3.63, 3.8) is 0 Å². The second-order valence-electron chi connectivity index (χ2n) is 6.29. The number of nitro benzene ring substituents is 1. The molecule has 0 fully saturated rings. The zero-order valence-corrected chi connectivity index (χ0v) is 15.8. The minimum absolute atomic E-state index is 0.0521. The molecule has 0 aliphatic carbocycles. The molecule has 3 aromatic rings. The molecule has 0 saturated carbocycles. The molecule has 150 valence electrons. The molecule has 3 rings (SSSR count). The van der Waals surface area contributed by atoms with E-state index in [2.05, 4.69) is 5.32 Å². The van der Waals surface area contributed by atoms with Gasteiger partial charge in [-0.2, -0.15) is 0 Å². The van der Waals surface area contributed by atoms with Crippen molar-refractivity contribution in [2.75, 3.05) is 19.0 Å². The first kappa shape index (κ1) is 19.9. The first-order valence-electron chi connectivity index (χ1n) is 8.62. The van der Waals surface area contributed by atoms with Crippen molar-refractivity contribution < 1.29 is 28.4 Å². The number of carbonyl (C=O) groups is 2. The van der Waals surface area contributed by atoms with Crippen molar-refractivity contribution in [1.82, 2.24) is 0 Å². The van der Waals surface area contributed by atoms with Crippen LogP contribution in [-0.4, -0.2) is 30.5 Å². The Labute approximate surface area is 165 Å². The van der Waals surface area contributed by atoms with Gasteiger partial charge in [0.25, 0.3) is 11.6 Å². The SMILES string of the molecule is COc1ccc([N+](=O)[O-])cc1NC(=O)COC(=O)Cc1coc2cc(C)ccc12. The molecule has 0 aliphatic heterocycles. The maximum atomic E-state index is 12.1. The van der Waals surface area contributed by atoms with Crippen molar-refractivity contribution in [3.05, 3.63) is 63.9 Å². The van der Waals surface area contributed by atoms with Crippen LogP contribution in [0, 0.1) is 17.0 Å². The highest BCUT2D eigenvalue weighted by Crippen LogP contribution is 2.28. The van der Waals surface area contributed by atoms with Crippen molar-refractivity contribution in [2.45, 2.75) is 13.3 Å². The Balaban J connectivity index is 1.59. The summed E-state index contributed by atoms with van der Waals surface area (Å²) < 4.78 is 15.5. The lowest BCUT2D eigenvalue weighted by Gasteiger charge is -2.10. The second-order valence-corrected chi connectivity index (χ2v) is 6.29. The molecule has 2 aromatic carbocycles. The van der Waals surface area contributed by atoms with E-state index < -0.39 is 23.4 Å². The summed E-state index contributed by atoms with van der Waals surface area (Å²) >= 11 is 0.